The summed E-state index contributed by atoms with van der Waals surface area (Å²) in [7, 11) is 0. The summed E-state index contributed by atoms with van der Waals surface area (Å²) in [6, 6.07) is 16.3. The van der Waals surface area contributed by atoms with Crippen molar-refractivity contribution in [2.75, 3.05) is 39.5 Å². The molecular formula is C21H22ClNO4. The van der Waals surface area contributed by atoms with E-state index in [1.54, 1.807) is 30.3 Å². The monoisotopic (exact) mass is 387 g/mol. The third-order valence-corrected chi connectivity index (χ3v) is 4.34. The Balaban J connectivity index is 1.65. The molecule has 0 amide bonds. The maximum absolute atomic E-state index is 12.6. The van der Waals surface area contributed by atoms with Crippen LogP contribution in [-0.4, -0.2) is 50.3 Å². The van der Waals surface area contributed by atoms with Gasteiger partial charge in [0.1, 0.15) is 12.4 Å². The van der Waals surface area contributed by atoms with E-state index >= 15 is 0 Å². The fourth-order valence-corrected chi connectivity index (χ4v) is 2.75. The molecule has 0 N–H and O–H groups in total. The maximum Gasteiger partial charge on any atom is 0.374 e. The van der Waals surface area contributed by atoms with Crippen LogP contribution in [0, 0.1) is 0 Å². The zero-order valence-corrected chi connectivity index (χ0v) is 15.7. The van der Waals surface area contributed by atoms with Gasteiger partial charge in [-0.3, -0.25) is 4.90 Å². The smallest absolute Gasteiger partial charge is 0.374 e. The third-order valence-electron chi connectivity index (χ3n) is 4.08. The van der Waals surface area contributed by atoms with Crippen molar-refractivity contribution in [1.82, 2.24) is 4.90 Å². The van der Waals surface area contributed by atoms with Crippen LogP contribution in [-0.2, 0) is 14.3 Å². The number of ether oxygens (including phenoxy) is 3. The van der Waals surface area contributed by atoms with Crippen molar-refractivity contribution in [2.24, 2.45) is 0 Å². The van der Waals surface area contributed by atoms with Crippen molar-refractivity contribution in [2.45, 2.75) is 0 Å². The number of esters is 1. The molecule has 2 aromatic carbocycles. The summed E-state index contributed by atoms with van der Waals surface area (Å²) < 4.78 is 16.5. The molecule has 6 heteroatoms. The average Bonchev–Trinajstić information content (AvgIpc) is 2.70. The number of hydrogen-bond donors (Lipinski definition) is 0. The number of halogens is 1. The Kier molecular flexibility index (Phi) is 7.27. The number of carbonyl (C=O) groups excluding carboxylic acids is 1. The molecule has 5 nitrogen and oxygen atoms in total. The van der Waals surface area contributed by atoms with Gasteiger partial charge in [0.2, 0.25) is 5.76 Å². The van der Waals surface area contributed by atoms with Gasteiger partial charge in [0, 0.05) is 24.7 Å². The highest BCUT2D eigenvalue weighted by molar-refractivity contribution is 6.30. The van der Waals surface area contributed by atoms with E-state index in [4.69, 9.17) is 25.8 Å². The summed E-state index contributed by atoms with van der Waals surface area (Å²) in [4.78, 5) is 14.8. The Labute approximate surface area is 164 Å². The van der Waals surface area contributed by atoms with Crippen LogP contribution in [0.1, 0.15) is 5.56 Å². The number of benzene rings is 2. The van der Waals surface area contributed by atoms with E-state index in [1.165, 1.54) is 0 Å². The van der Waals surface area contributed by atoms with E-state index in [1.807, 2.05) is 30.3 Å². The minimum Gasteiger partial charge on any atom is -0.458 e. The Morgan fingerprint density at radius 3 is 2.48 bits per heavy atom. The van der Waals surface area contributed by atoms with E-state index in [0.29, 0.717) is 37.1 Å². The first-order valence-electron chi connectivity index (χ1n) is 8.88. The highest BCUT2D eigenvalue weighted by atomic mass is 35.5. The van der Waals surface area contributed by atoms with Crippen molar-refractivity contribution in [1.29, 1.82) is 0 Å². The maximum atomic E-state index is 12.6. The van der Waals surface area contributed by atoms with Crippen LogP contribution in [0.5, 0.6) is 5.75 Å². The van der Waals surface area contributed by atoms with Crippen LogP contribution in [0.2, 0.25) is 5.02 Å². The van der Waals surface area contributed by atoms with Gasteiger partial charge in [-0.1, -0.05) is 41.9 Å². The van der Waals surface area contributed by atoms with E-state index in [0.717, 1.165) is 18.7 Å². The molecule has 1 aliphatic heterocycles. The lowest BCUT2D eigenvalue weighted by atomic mass is 10.2. The standard InChI is InChI=1S/C21H22ClNO4/c22-18-6-8-19(9-7-18)27-20(16-17-4-2-1-3-5-17)21(24)26-15-12-23-10-13-25-14-11-23/h1-9,16H,10-15H2/b20-16-. The normalized spacial score (nSPS) is 15.4. The first-order chi connectivity index (χ1) is 13.2. The van der Waals surface area contributed by atoms with E-state index in [-0.39, 0.29) is 5.76 Å². The Morgan fingerprint density at radius 1 is 1.07 bits per heavy atom. The van der Waals surface area contributed by atoms with Gasteiger partial charge in [-0.05, 0) is 35.9 Å². The Morgan fingerprint density at radius 2 is 1.78 bits per heavy atom. The number of nitrogens with zero attached hydrogens (tertiary/aromatic N) is 1. The molecule has 0 atom stereocenters. The zero-order chi connectivity index (χ0) is 18.9. The Hall–Kier alpha value is -2.34. The van der Waals surface area contributed by atoms with Gasteiger partial charge in [0.05, 0.1) is 13.2 Å². The lowest BCUT2D eigenvalue weighted by Crippen LogP contribution is -2.38. The molecule has 3 rings (SSSR count). The summed E-state index contributed by atoms with van der Waals surface area (Å²) in [5.74, 6) is 0.152. The fraction of sp³-hybridized carbons (Fsp3) is 0.286. The van der Waals surface area contributed by atoms with Gasteiger partial charge in [-0.25, -0.2) is 4.79 Å². The molecule has 0 unspecified atom stereocenters. The molecule has 2 aromatic rings. The first-order valence-corrected chi connectivity index (χ1v) is 9.26. The molecule has 0 bridgehead atoms. The second kappa shape index (κ2) is 10.1. The highest BCUT2D eigenvalue weighted by Gasteiger charge is 2.16. The molecule has 0 aromatic heterocycles. The van der Waals surface area contributed by atoms with Crippen LogP contribution in [0.4, 0.5) is 0 Å². The third kappa shape index (κ3) is 6.40. The van der Waals surface area contributed by atoms with Gasteiger partial charge < -0.3 is 14.2 Å². The van der Waals surface area contributed by atoms with E-state index < -0.39 is 5.97 Å². The van der Waals surface area contributed by atoms with Gasteiger partial charge >= 0.3 is 5.97 Å². The summed E-state index contributed by atoms with van der Waals surface area (Å²) in [6.45, 7) is 4.11. The molecule has 0 radical (unpaired) electrons. The summed E-state index contributed by atoms with van der Waals surface area (Å²) in [5, 5.41) is 0.601. The molecule has 1 saturated heterocycles. The zero-order valence-electron chi connectivity index (χ0n) is 15.0. The number of hydrogen-bond acceptors (Lipinski definition) is 5. The van der Waals surface area contributed by atoms with Gasteiger partial charge in [0.15, 0.2) is 0 Å². The van der Waals surface area contributed by atoms with Crippen LogP contribution in [0.3, 0.4) is 0 Å². The van der Waals surface area contributed by atoms with Crippen molar-refractivity contribution >= 4 is 23.6 Å². The van der Waals surface area contributed by atoms with Crippen LogP contribution in [0.25, 0.3) is 6.08 Å². The van der Waals surface area contributed by atoms with Crippen molar-refractivity contribution in [3.63, 3.8) is 0 Å². The molecule has 27 heavy (non-hydrogen) atoms. The summed E-state index contributed by atoms with van der Waals surface area (Å²) in [6.07, 6.45) is 1.67. The summed E-state index contributed by atoms with van der Waals surface area (Å²) >= 11 is 5.91. The second-order valence-electron chi connectivity index (χ2n) is 6.07. The minimum atomic E-state index is -0.498. The van der Waals surface area contributed by atoms with Crippen molar-refractivity contribution < 1.29 is 19.0 Å². The molecule has 0 aliphatic carbocycles. The minimum absolute atomic E-state index is 0.130. The lowest BCUT2D eigenvalue weighted by Gasteiger charge is -2.26. The van der Waals surface area contributed by atoms with Gasteiger partial charge in [-0.2, -0.15) is 0 Å². The second-order valence-corrected chi connectivity index (χ2v) is 6.50. The quantitative estimate of drug-likeness (QED) is 0.412. The highest BCUT2D eigenvalue weighted by Crippen LogP contribution is 2.20. The molecule has 0 spiro atoms. The largest absolute Gasteiger partial charge is 0.458 e. The van der Waals surface area contributed by atoms with E-state index in [2.05, 4.69) is 4.90 Å². The van der Waals surface area contributed by atoms with E-state index in [9.17, 15) is 4.79 Å². The fourth-order valence-electron chi connectivity index (χ4n) is 2.62. The predicted molar refractivity (Wildman–Crippen MR) is 105 cm³/mol. The molecule has 1 heterocycles. The van der Waals surface area contributed by atoms with Crippen LogP contribution in [0.15, 0.2) is 60.4 Å². The molecular weight excluding hydrogens is 366 g/mol. The molecule has 142 valence electrons. The number of carbonyl (C=O) groups is 1. The van der Waals surface area contributed by atoms with Gasteiger partial charge in [0.25, 0.3) is 0 Å². The predicted octanol–water partition coefficient (Wildman–Crippen LogP) is 3.64. The topological polar surface area (TPSA) is 48.0 Å². The molecule has 1 aliphatic rings. The number of rotatable bonds is 7. The first kappa shape index (κ1) is 19.4. The van der Waals surface area contributed by atoms with Gasteiger partial charge in [-0.15, -0.1) is 0 Å². The Bertz CT molecular complexity index is 756. The van der Waals surface area contributed by atoms with Crippen LogP contribution >= 0.6 is 11.6 Å². The SMILES string of the molecule is O=C(OCCN1CCOCC1)/C(=C/c1ccccc1)Oc1ccc(Cl)cc1. The van der Waals surface area contributed by atoms with Crippen molar-refractivity contribution in [3.8, 4) is 5.75 Å². The lowest BCUT2D eigenvalue weighted by molar-refractivity contribution is -0.142. The summed E-state index contributed by atoms with van der Waals surface area (Å²) in [5.41, 5.74) is 0.853. The average molecular weight is 388 g/mol. The number of morpholine rings is 1. The molecule has 1 fully saturated rings. The van der Waals surface area contributed by atoms with Crippen molar-refractivity contribution in [3.05, 3.63) is 70.9 Å². The molecule has 0 saturated carbocycles. The van der Waals surface area contributed by atoms with Crippen LogP contribution < -0.4 is 4.74 Å².